The van der Waals surface area contributed by atoms with Crippen LogP contribution in [0, 0.1) is 15.5 Å². The first-order chi connectivity index (χ1) is 15.1. The number of nitro groups is 1. The van der Waals surface area contributed by atoms with Gasteiger partial charge in [-0.2, -0.15) is 0 Å². The quantitative estimate of drug-likeness (QED) is 0.476. The molecule has 2 aliphatic carbocycles. The number of hydrogen-bond acceptors (Lipinski definition) is 5. The van der Waals surface area contributed by atoms with Crippen LogP contribution in [0.1, 0.15) is 63.5 Å². The van der Waals surface area contributed by atoms with Gasteiger partial charge in [-0.25, -0.2) is 9.97 Å². The molecule has 1 heterocycles. The molecule has 3 atom stereocenters. The largest absolute Gasteiger partial charge is 0.349 e. The molecule has 2 aliphatic rings. The molecule has 1 amide bonds. The normalized spacial score (nSPS) is 26.0. The topological polar surface area (TPSA) is 98.0 Å². The Hall–Kier alpha value is -3.35. The molecule has 3 unspecified atom stereocenters. The summed E-state index contributed by atoms with van der Waals surface area (Å²) >= 11 is 0. The number of non-ortho nitro benzene ring substituents is 1. The number of aromatic nitrogens is 2. The average molecular weight is 431 g/mol. The zero-order chi connectivity index (χ0) is 22.9. The summed E-state index contributed by atoms with van der Waals surface area (Å²) in [6, 6.07) is 14.3. The summed E-state index contributed by atoms with van der Waals surface area (Å²) in [6.45, 7) is 8.41. The standard InChI is InChI=1S/C25H26N4O3/c1-15(16-8-6-5-7-9-16)26-22(30)25-13-12-24(4,23(25,2)3)20-21(25)28-19-14-17(29(31)32)10-11-18(19)27-20/h5-11,14-15H,12-13H2,1-4H3,(H,26,30). The molecule has 0 aliphatic heterocycles. The van der Waals surface area contributed by atoms with Crippen LogP contribution in [-0.2, 0) is 15.6 Å². The second-order valence-electron chi connectivity index (χ2n) is 9.82. The minimum absolute atomic E-state index is 0.0309. The SMILES string of the molecule is CC(NC(=O)C12CCC(C)(c3nc4ccc([N+](=O)[O-])cc4nc31)C2(C)C)c1ccccc1. The monoisotopic (exact) mass is 430 g/mol. The molecule has 0 saturated heterocycles. The summed E-state index contributed by atoms with van der Waals surface area (Å²) in [4.78, 5) is 34.6. The number of hydrogen-bond donors (Lipinski definition) is 1. The second kappa shape index (κ2) is 6.58. The van der Waals surface area contributed by atoms with Crippen LogP contribution in [0.4, 0.5) is 5.69 Å². The highest BCUT2D eigenvalue weighted by atomic mass is 16.6. The van der Waals surface area contributed by atoms with Crippen molar-refractivity contribution in [3.05, 3.63) is 75.6 Å². The van der Waals surface area contributed by atoms with Crippen molar-refractivity contribution in [3.63, 3.8) is 0 Å². The molecule has 5 rings (SSSR count). The van der Waals surface area contributed by atoms with Gasteiger partial charge in [0.2, 0.25) is 5.91 Å². The lowest BCUT2D eigenvalue weighted by atomic mass is 9.63. The number of amides is 1. The van der Waals surface area contributed by atoms with E-state index in [1.807, 2.05) is 37.3 Å². The summed E-state index contributed by atoms with van der Waals surface area (Å²) in [5, 5.41) is 14.5. The molecular formula is C25H26N4O3. The molecule has 0 radical (unpaired) electrons. The lowest BCUT2D eigenvalue weighted by Crippen LogP contribution is -2.51. The van der Waals surface area contributed by atoms with Gasteiger partial charge in [-0.15, -0.1) is 0 Å². The Morgan fingerprint density at radius 3 is 2.41 bits per heavy atom. The van der Waals surface area contributed by atoms with Crippen molar-refractivity contribution in [2.24, 2.45) is 5.41 Å². The number of rotatable bonds is 4. The maximum Gasteiger partial charge on any atom is 0.271 e. The number of nitrogens with one attached hydrogen (secondary N) is 1. The van der Waals surface area contributed by atoms with Crippen molar-refractivity contribution in [3.8, 4) is 0 Å². The first-order valence-electron chi connectivity index (χ1n) is 10.9. The Kier molecular flexibility index (Phi) is 4.22. The van der Waals surface area contributed by atoms with Crippen LogP contribution < -0.4 is 5.32 Å². The maximum absolute atomic E-state index is 14.0. The van der Waals surface area contributed by atoms with E-state index >= 15 is 0 Å². The molecule has 7 heteroatoms. The number of benzene rings is 2. The van der Waals surface area contributed by atoms with E-state index in [1.165, 1.54) is 12.1 Å². The zero-order valence-electron chi connectivity index (χ0n) is 18.7. The van der Waals surface area contributed by atoms with Gasteiger partial charge in [0, 0.05) is 17.5 Å². The number of carbonyl (C=O) groups is 1. The number of nitro benzene ring substituents is 1. The molecule has 1 N–H and O–H groups in total. The van der Waals surface area contributed by atoms with Crippen LogP contribution >= 0.6 is 0 Å². The van der Waals surface area contributed by atoms with E-state index in [1.54, 1.807) is 6.07 Å². The van der Waals surface area contributed by atoms with E-state index < -0.39 is 15.8 Å². The van der Waals surface area contributed by atoms with Crippen LogP contribution in [-0.4, -0.2) is 20.8 Å². The van der Waals surface area contributed by atoms with Crippen LogP contribution in [0.25, 0.3) is 11.0 Å². The molecule has 0 spiro atoms. The highest BCUT2D eigenvalue weighted by molar-refractivity contribution is 5.93. The third-order valence-electron chi connectivity index (χ3n) is 8.27. The summed E-state index contributed by atoms with van der Waals surface area (Å²) in [5.41, 5.74) is 2.03. The van der Waals surface area contributed by atoms with Crippen molar-refractivity contribution < 1.29 is 9.72 Å². The Morgan fingerprint density at radius 1 is 1.03 bits per heavy atom. The molecule has 164 valence electrons. The minimum Gasteiger partial charge on any atom is -0.349 e. The zero-order valence-corrected chi connectivity index (χ0v) is 18.7. The Labute approximate surface area is 186 Å². The van der Waals surface area contributed by atoms with Gasteiger partial charge in [0.05, 0.1) is 38.8 Å². The maximum atomic E-state index is 14.0. The molecule has 2 bridgehead atoms. The van der Waals surface area contributed by atoms with E-state index in [9.17, 15) is 14.9 Å². The fourth-order valence-electron chi connectivity index (χ4n) is 5.85. The summed E-state index contributed by atoms with van der Waals surface area (Å²) in [7, 11) is 0. The predicted molar refractivity (Wildman–Crippen MR) is 121 cm³/mol. The van der Waals surface area contributed by atoms with Gasteiger partial charge in [-0.1, -0.05) is 51.1 Å². The van der Waals surface area contributed by atoms with Gasteiger partial charge in [-0.05, 0) is 36.8 Å². The second-order valence-corrected chi connectivity index (χ2v) is 9.82. The molecule has 7 nitrogen and oxygen atoms in total. The highest BCUT2D eigenvalue weighted by Gasteiger charge is 2.73. The smallest absolute Gasteiger partial charge is 0.271 e. The lowest BCUT2D eigenvalue weighted by molar-refractivity contribution is -0.384. The van der Waals surface area contributed by atoms with E-state index in [0.29, 0.717) is 23.1 Å². The fourth-order valence-corrected chi connectivity index (χ4v) is 5.85. The van der Waals surface area contributed by atoms with Gasteiger partial charge in [0.1, 0.15) is 0 Å². The van der Waals surface area contributed by atoms with Crippen molar-refractivity contribution >= 4 is 22.6 Å². The third kappa shape index (κ3) is 2.45. The Bertz CT molecular complexity index is 1270. The summed E-state index contributed by atoms with van der Waals surface area (Å²) in [6.07, 6.45) is 1.51. The third-order valence-corrected chi connectivity index (χ3v) is 8.27. The number of fused-ring (bicyclic) bond motifs is 6. The Morgan fingerprint density at radius 2 is 1.72 bits per heavy atom. The molecule has 3 aromatic rings. The van der Waals surface area contributed by atoms with Crippen LogP contribution in [0.3, 0.4) is 0 Å². The lowest BCUT2D eigenvalue weighted by Gasteiger charge is -2.40. The molecule has 1 fully saturated rings. The van der Waals surface area contributed by atoms with Gasteiger partial charge < -0.3 is 5.32 Å². The predicted octanol–water partition coefficient (Wildman–Crippen LogP) is 4.74. The first-order valence-corrected chi connectivity index (χ1v) is 10.9. The van der Waals surface area contributed by atoms with Crippen LogP contribution in [0.5, 0.6) is 0 Å². The first kappa shape index (κ1) is 20.5. The molecular weight excluding hydrogens is 404 g/mol. The summed E-state index contributed by atoms with van der Waals surface area (Å²) in [5.74, 6) is -0.0552. The molecule has 2 aromatic carbocycles. The number of carbonyl (C=O) groups excluding carboxylic acids is 1. The van der Waals surface area contributed by atoms with Crippen molar-refractivity contribution in [2.45, 2.75) is 57.4 Å². The number of nitrogens with zero attached hydrogens (tertiary/aromatic N) is 3. The van der Waals surface area contributed by atoms with Crippen molar-refractivity contribution in [1.82, 2.24) is 15.3 Å². The van der Waals surface area contributed by atoms with Crippen molar-refractivity contribution in [2.75, 3.05) is 0 Å². The van der Waals surface area contributed by atoms with Gasteiger partial charge in [0.15, 0.2) is 0 Å². The van der Waals surface area contributed by atoms with Gasteiger partial charge >= 0.3 is 0 Å². The van der Waals surface area contributed by atoms with E-state index in [4.69, 9.17) is 9.97 Å². The van der Waals surface area contributed by atoms with E-state index in [0.717, 1.165) is 17.7 Å². The van der Waals surface area contributed by atoms with E-state index in [2.05, 4.69) is 26.1 Å². The molecule has 1 aromatic heterocycles. The Balaban J connectivity index is 1.65. The summed E-state index contributed by atoms with van der Waals surface area (Å²) < 4.78 is 0. The van der Waals surface area contributed by atoms with Crippen LogP contribution in [0.15, 0.2) is 48.5 Å². The van der Waals surface area contributed by atoms with Gasteiger partial charge in [0.25, 0.3) is 5.69 Å². The molecule has 32 heavy (non-hydrogen) atoms. The fraction of sp³-hybridized carbons (Fsp3) is 0.400. The van der Waals surface area contributed by atoms with E-state index in [-0.39, 0.29) is 23.1 Å². The average Bonchev–Trinajstić information content (AvgIpc) is 3.07. The molecule has 1 saturated carbocycles. The van der Waals surface area contributed by atoms with Crippen molar-refractivity contribution in [1.29, 1.82) is 0 Å². The van der Waals surface area contributed by atoms with Crippen LogP contribution in [0.2, 0.25) is 0 Å². The minimum atomic E-state index is -0.841. The van der Waals surface area contributed by atoms with Gasteiger partial charge in [-0.3, -0.25) is 14.9 Å². The highest BCUT2D eigenvalue weighted by Crippen LogP contribution is 2.70.